The van der Waals surface area contributed by atoms with E-state index in [1.54, 1.807) is 14.2 Å². The van der Waals surface area contributed by atoms with Crippen molar-refractivity contribution in [3.8, 4) is 0 Å². The van der Waals surface area contributed by atoms with E-state index >= 15 is 0 Å². The van der Waals surface area contributed by atoms with Gasteiger partial charge in [0.25, 0.3) is 0 Å². The molecule has 0 radical (unpaired) electrons. The first kappa shape index (κ1) is 12.2. The van der Waals surface area contributed by atoms with Gasteiger partial charge in [-0.05, 0) is 25.9 Å². The molecule has 3 nitrogen and oxygen atoms in total. The van der Waals surface area contributed by atoms with Crippen LogP contribution in [0.25, 0.3) is 0 Å². The van der Waals surface area contributed by atoms with E-state index in [2.05, 4.69) is 5.32 Å². The van der Waals surface area contributed by atoms with Gasteiger partial charge in [0.15, 0.2) is 6.29 Å². The van der Waals surface area contributed by atoms with Gasteiger partial charge in [-0.15, -0.1) is 12.4 Å². The molecule has 0 unspecified atom stereocenters. The molecule has 74 valence electrons. The Bertz CT molecular complexity index is 103. The molecule has 1 rings (SSSR count). The first-order chi connectivity index (χ1) is 5.38. The van der Waals surface area contributed by atoms with Gasteiger partial charge in [0.2, 0.25) is 0 Å². The number of hydrogen-bond donors (Lipinski definition) is 1. The van der Waals surface area contributed by atoms with E-state index in [0.29, 0.717) is 5.92 Å². The molecule has 12 heavy (non-hydrogen) atoms. The maximum atomic E-state index is 5.19. The van der Waals surface area contributed by atoms with Gasteiger partial charge in [0, 0.05) is 20.1 Å². The number of methoxy groups -OCH3 is 2. The van der Waals surface area contributed by atoms with Crippen molar-refractivity contribution in [1.29, 1.82) is 0 Å². The van der Waals surface area contributed by atoms with Crippen molar-refractivity contribution in [3.63, 3.8) is 0 Å². The number of rotatable bonds is 3. The van der Waals surface area contributed by atoms with Crippen LogP contribution in [0.4, 0.5) is 0 Å². The third-order valence-electron chi connectivity index (χ3n) is 2.23. The van der Waals surface area contributed by atoms with E-state index < -0.39 is 0 Å². The molecule has 4 heteroatoms. The first-order valence-electron chi connectivity index (χ1n) is 4.14. The summed E-state index contributed by atoms with van der Waals surface area (Å²) in [5.41, 5.74) is 0. The zero-order valence-electron chi connectivity index (χ0n) is 7.71. The number of ether oxygens (including phenoxy) is 2. The molecule has 1 fully saturated rings. The lowest BCUT2D eigenvalue weighted by Gasteiger charge is -2.28. The zero-order chi connectivity index (χ0) is 8.10. The van der Waals surface area contributed by atoms with Gasteiger partial charge in [0.05, 0.1) is 0 Å². The fourth-order valence-electron chi connectivity index (χ4n) is 1.60. The highest BCUT2D eigenvalue weighted by atomic mass is 35.5. The summed E-state index contributed by atoms with van der Waals surface area (Å²) in [5, 5.41) is 3.31. The Hall–Kier alpha value is 0.170. The summed E-state index contributed by atoms with van der Waals surface area (Å²) in [6, 6.07) is 0. The fourth-order valence-corrected chi connectivity index (χ4v) is 1.60. The summed E-state index contributed by atoms with van der Waals surface area (Å²) < 4.78 is 10.4. The van der Waals surface area contributed by atoms with Crippen LogP contribution in [0.3, 0.4) is 0 Å². The normalized spacial score (nSPS) is 19.2. The van der Waals surface area contributed by atoms with Crippen molar-refractivity contribution in [2.75, 3.05) is 27.3 Å². The fraction of sp³-hybridized carbons (Fsp3) is 1.00. The Morgan fingerprint density at radius 1 is 1.17 bits per heavy atom. The predicted molar refractivity (Wildman–Crippen MR) is 50.6 cm³/mol. The van der Waals surface area contributed by atoms with E-state index in [1.807, 2.05) is 0 Å². The summed E-state index contributed by atoms with van der Waals surface area (Å²) in [4.78, 5) is 0. The monoisotopic (exact) mass is 195 g/mol. The molecule has 0 amide bonds. The van der Waals surface area contributed by atoms with Crippen LogP contribution in [-0.2, 0) is 9.47 Å². The molecule has 1 aliphatic heterocycles. The molecule has 0 aromatic heterocycles. The second-order valence-electron chi connectivity index (χ2n) is 2.93. The van der Waals surface area contributed by atoms with Crippen LogP contribution in [0.15, 0.2) is 0 Å². The Balaban J connectivity index is 0.00000121. The molecule has 0 aliphatic carbocycles. The van der Waals surface area contributed by atoms with E-state index in [4.69, 9.17) is 9.47 Å². The number of piperidine rings is 1. The van der Waals surface area contributed by atoms with Crippen LogP contribution >= 0.6 is 12.4 Å². The third kappa shape index (κ3) is 3.27. The first-order valence-corrected chi connectivity index (χ1v) is 4.14. The SMILES string of the molecule is COC(OC)C1CCNCC1.Cl. The lowest BCUT2D eigenvalue weighted by molar-refractivity contribution is -0.142. The molecule has 0 aromatic carbocycles. The Morgan fingerprint density at radius 2 is 1.67 bits per heavy atom. The van der Waals surface area contributed by atoms with Crippen molar-refractivity contribution in [2.45, 2.75) is 19.1 Å². The minimum absolute atomic E-state index is 0. The molecule has 1 saturated heterocycles. The quantitative estimate of drug-likeness (QED) is 0.683. The highest BCUT2D eigenvalue weighted by Crippen LogP contribution is 2.18. The van der Waals surface area contributed by atoms with Crippen molar-refractivity contribution in [3.05, 3.63) is 0 Å². The van der Waals surface area contributed by atoms with Crippen LogP contribution in [0.5, 0.6) is 0 Å². The largest absolute Gasteiger partial charge is 0.356 e. The predicted octanol–water partition coefficient (Wildman–Crippen LogP) is 1.03. The second-order valence-corrected chi connectivity index (χ2v) is 2.93. The maximum absolute atomic E-state index is 5.19. The van der Waals surface area contributed by atoms with Crippen LogP contribution in [0, 0.1) is 5.92 Å². The number of hydrogen-bond acceptors (Lipinski definition) is 3. The van der Waals surface area contributed by atoms with Crippen LogP contribution < -0.4 is 5.32 Å². The molecule has 0 bridgehead atoms. The molecule has 0 saturated carbocycles. The summed E-state index contributed by atoms with van der Waals surface area (Å²) in [7, 11) is 3.41. The van der Waals surface area contributed by atoms with Gasteiger partial charge in [-0.25, -0.2) is 0 Å². The van der Waals surface area contributed by atoms with Crippen LogP contribution in [-0.4, -0.2) is 33.6 Å². The van der Waals surface area contributed by atoms with E-state index in [-0.39, 0.29) is 18.7 Å². The topological polar surface area (TPSA) is 30.5 Å². The average molecular weight is 196 g/mol. The Morgan fingerprint density at radius 3 is 2.08 bits per heavy atom. The van der Waals surface area contributed by atoms with Crippen molar-refractivity contribution in [1.82, 2.24) is 5.32 Å². The van der Waals surface area contributed by atoms with Gasteiger partial charge in [0.1, 0.15) is 0 Å². The summed E-state index contributed by atoms with van der Waals surface area (Å²) in [6.07, 6.45) is 2.32. The molecular weight excluding hydrogens is 178 g/mol. The van der Waals surface area contributed by atoms with Crippen molar-refractivity contribution < 1.29 is 9.47 Å². The highest BCUT2D eigenvalue weighted by molar-refractivity contribution is 5.85. The Labute approximate surface area is 80.2 Å². The van der Waals surface area contributed by atoms with E-state index in [1.165, 1.54) is 0 Å². The van der Waals surface area contributed by atoms with Crippen molar-refractivity contribution >= 4 is 12.4 Å². The molecular formula is C8H18ClNO2. The summed E-state index contributed by atoms with van der Waals surface area (Å²) in [5.74, 6) is 0.575. The van der Waals surface area contributed by atoms with E-state index in [9.17, 15) is 0 Å². The van der Waals surface area contributed by atoms with Crippen molar-refractivity contribution in [2.24, 2.45) is 5.92 Å². The number of nitrogens with one attached hydrogen (secondary N) is 1. The van der Waals surface area contributed by atoms with Crippen LogP contribution in [0.1, 0.15) is 12.8 Å². The van der Waals surface area contributed by atoms with Gasteiger partial charge in [-0.1, -0.05) is 0 Å². The van der Waals surface area contributed by atoms with Crippen LogP contribution in [0.2, 0.25) is 0 Å². The smallest absolute Gasteiger partial charge is 0.159 e. The number of halogens is 1. The molecule has 0 atom stereocenters. The highest BCUT2D eigenvalue weighted by Gasteiger charge is 2.22. The van der Waals surface area contributed by atoms with Gasteiger partial charge in [-0.3, -0.25) is 0 Å². The lowest BCUT2D eigenvalue weighted by atomic mass is 9.97. The molecule has 0 spiro atoms. The molecule has 0 aromatic rings. The molecule has 1 heterocycles. The standard InChI is InChI=1S/C8H17NO2.ClH/c1-10-8(11-2)7-3-5-9-6-4-7;/h7-9H,3-6H2,1-2H3;1H. The second kappa shape index (κ2) is 6.66. The molecule has 1 aliphatic rings. The maximum Gasteiger partial charge on any atom is 0.159 e. The summed E-state index contributed by atoms with van der Waals surface area (Å²) in [6.45, 7) is 2.18. The zero-order valence-corrected chi connectivity index (χ0v) is 8.52. The van der Waals surface area contributed by atoms with E-state index in [0.717, 1.165) is 25.9 Å². The average Bonchev–Trinajstić information content (AvgIpc) is 2.09. The summed E-state index contributed by atoms with van der Waals surface area (Å²) >= 11 is 0. The third-order valence-corrected chi connectivity index (χ3v) is 2.23. The van der Waals surface area contributed by atoms with Gasteiger partial charge >= 0.3 is 0 Å². The van der Waals surface area contributed by atoms with Gasteiger partial charge in [-0.2, -0.15) is 0 Å². The minimum Gasteiger partial charge on any atom is -0.356 e. The Kier molecular flexibility index (Phi) is 6.76. The lowest BCUT2D eigenvalue weighted by Crippen LogP contribution is -2.35. The molecule has 1 N–H and O–H groups in total. The van der Waals surface area contributed by atoms with Gasteiger partial charge < -0.3 is 14.8 Å². The minimum atomic E-state index is -0.00269.